The number of aryl methyl sites for hydroxylation is 1. The minimum Gasteiger partial charge on any atom is -0.334 e. The second kappa shape index (κ2) is 11.3. The molecule has 0 fully saturated rings. The number of alkyl halides is 3. The van der Waals surface area contributed by atoms with Crippen LogP contribution in [0.2, 0.25) is 0 Å². The fourth-order valence-corrected chi connectivity index (χ4v) is 3.58. The van der Waals surface area contributed by atoms with Crippen molar-refractivity contribution in [3.8, 4) is 11.5 Å². The molecule has 1 N–H and O–H groups in total. The summed E-state index contributed by atoms with van der Waals surface area (Å²) in [6.07, 6.45) is 4.11. The highest BCUT2D eigenvalue weighted by Crippen LogP contribution is 2.30. The lowest BCUT2D eigenvalue weighted by atomic mass is 9.98. The van der Waals surface area contributed by atoms with E-state index in [-0.39, 0.29) is 0 Å². The largest absolute Gasteiger partial charge is 0.416 e. The van der Waals surface area contributed by atoms with Gasteiger partial charge in [0.25, 0.3) is 5.89 Å². The van der Waals surface area contributed by atoms with E-state index < -0.39 is 17.8 Å². The van der Waals surface area contributed by atoms with Gasteiger partial charge in [0.05, 0.1) is 11.6 Å². The Labute approximate surface area is 187 Å². The Morgan fingerprint density at radius 3 is 2.22 bits per heavy atom. The van der Waals surface area contributed by atoms with E-state index >= 15 is 0 Å². The molecule has 2 aromatic carbocycles. The van der Waals surface area contributed by atoms with Crippen molar-refractivity contribution in [3.63, 3.8) is 0 Å². The maximum absolute atomic E-state index is 12.7. The summed E-state index contributed by atoms with van der Waals surface area (Å²) in [5.74, 6) is 1.19. The summed E-state index contributed by atoms with van der Waals surface area (Å²) < 4.78 is 43.5. The molecule has 4 nitrogen and oxygen atoms in total. The number of rotatable bonds is 11. The molecule has 171 valence electrons. The molecule has 0 saturated heterocycles. The number of halogens is 3. The maximum atomic E-state index is 12.7. The molecule has 1 unspecified atom stereocenters. The molecule has 0 saturated carbocycles. The summed E-state index contributed by atoms with van der Waals surface area (Å²) in [4.78, 5) is 4.47. The fourth-order valence-electron chi connectivity index (χ4n) is 3.58. The fraction of sp³-hybridized carbons (Fsp3) is 0.440. The summed E-state index contributed by atoms with van der Waals surface area (Å²) in [6.45, 7) is 2.21. The highest BCUT2D eigenvalue weighted by atomic mass is 19.4. The summed E-state index contributed by atoms with van der Waals surface area (Å²) in [5.41, 5.74) is 9.88. The molecule has 3 rings (SSSR count). The van der Waals surface area contributed by atoms with Crippen molar-refractivity contribution in [2.45, 2.75) is 70.5 Å². The molecule has 1 heterocycles. The standard InChI is InChI=1S/C25H29F3N3O/c1-2-3-4-5-6-7-8-23-30-24(32-31-23)20-11-9-18(10-12-20)17-22(29)19-13-15-21(16-14-19)25(26,27)28/h9-16,22,29H,2-8,17H2,1H3. The highest BCUT2D eigenvalue weighted by Gasteiger charge is 2.30. The average Bonchev–Trinajstić information content (AvgIpc) is 3.25. The van der Waals surface area contributed by atoms with Crippen molar-refractivity contribution < 1.29 is 17.7 Å². The molecule has 1 atom stereocenters. The molecular weight excluding hydrogens is 415 g/mol. The Bertz CT molecular complexity index is 950. The van der Waals surface area contributed by atoms with Gasteiger partial charge in [-0.05, 0) is 48.2 Å². The van der Waals surface area contributed by atoms with Crippen LogP contribution in [0.3, 0.4) is 0 Å². The van der Waals surface area contributed by atoms with E-state index in [4.69, 9.17) is 10.3 Å². The van der Waals surface area contributed by atoms with Crippen LogP contribution in [-0.2, 0) is 19.0 Å². The number of benzene rings is 2. The molecule has 1 aromatic heterocycles. The SMILES string of the molecule is CCCCCCCCc1noc(-c2ccc(CC([NH])c3ccc(C(F)(F)F)cc3)cc2)n1. The van der Waals surface area contributed by atoms with Gasteiger partial charge >= 0.3 is 6.18 Å². The number of hydrogen-bond donors (Lipinski definition) is 0. The van der Waals surface area contributed by atoms with E-state index in [1.165, 1.54) is 44.2 Å². The average molecular weight is 445 g/mol. The summed E-state index contributed by atoms with van der Waals surface area (Å²) in [5, 5.41) is 4.07. The molecule has 1 radical (unpaired) electrons. The zero-order chi connectivity index (χ0) is 23.0. The van der Waals surface area contributed by atoms with Gasteiger partial charge in [0.1, 0.15) is 0 Å². The number of nitrogens with zero attached hydrogens (tertiary/aromatic N) is 2. The van der Waals surface area contributed by atoms with E-state index in [0.717, 1.165) is 36.1 Å². The number of hydrogen-bond acceptors (Lipinski definition) is 3. The van der Waals surface area contributed by atoms with Crippen LogP contribution in [0.5, 0.6) is 0 Å². The van der Waals surface area contributed by atoms with Crippen LogP contribution < -0.4 is 5.73 Å². The summed E-state index contributed by atoms with van der Waals surface area (Å²) >= 11 is 0. The molecular formula is C25H29F3N3O. The second-order valence-corrected chi connectivity index (χ2v) is 8.11. The third-order valence-corrected chi connectivity index (χ3v) is 5.50. The van der Waals surface area contributed by atoms with Crippen LogP contribution in [0.1, 0.15) is 74.0 Å². The van der Waals surface area contributed by atoms with Crippen molar-refractivity contribution in [2.75, 3.05) is 0 Å². The molecule has 0 aliphatic carbocycles. The van der Waals surface area contributed by atoms with Gasteiger partial charge in [0.15, 0.2) is 5.82 Å². The van der Waals surface area contributed by atoms with Gasteiger partial charge < -0.3 is 4.52 Å². The van der Waals surface area contributed by atoms with Gasteiger partial charge in [-0.3, -0.25) is 0 Å². The topological polar surface area (TPSA) is 62.7 Å². The van der Waals surface area contributed by atoms with Gasteiger partial charge in [-0.25, -0.2) is 5.73 Å². The maximum Gasteiger partial charge on any atom is 0.416 e. The van der Waals surface area contributed by atoms with Crippen LogP contribution in [0, 0.1) is 0 Å². The van der Waals surface area contributed by atoms with Crippen LogP contribution in [0.4, 0.5) is 13.2 Å². The van der Waals surface area contributed by atoms with Crippen molar-refractivity contribution in [2.24, 2.45) is 0 Å². The zero-order valence-electron chi connectivity index (χ0n) is 18.3. The van der Waals surface area contributed by atoms with Crippen molar-refractivity contribution in [1.29, 1.82) is 0 Å². The number of aromatic nitrogens is 2. The molecule has 0 bridgehead atoms. The van der Waals surface area contributed by atoms with Gasteiger partial charge in [-0.2, -0.15) is 18.2 Å². The van der Waals surface area contributed by atoms with Crippen LogP contribution in [-0.4, -0.2) is 10.1 Å². The monoisotopic (exact) mass is 444 g/mol. The van der Waals surface area contributed by atoms with E-state index in [2.05, 4.69) is 17.1 Å². The van der Waals surface area contributed by atoms with Gasteiger partial charge in [0.2, 0.25) is 0 Å². The molecule has 0 spiro atoms. The molecule has 32 heavy (non-hydrogen) atoms. The smallest absolute Gasteiger partial charge is 0.334 e. The third-order valence-electron chi connectivity index (χ3n) is 5.50. The molecule has 3 aromatic rings. The first kappa shape index (κ1) is 24.0. The van der Waals surface area contributed by atoms with Crippen molar-refractivity contribution in [3.05, 3.63) is 71.0 Å². The zero-order valence-corrected chi connectivity index (χ0v) is 18.3. The molecule has 0 amide bonds. The lowest BCUT2D eigenvalue weighted by molar-refractivity contribution is -0.137. The first-order chi connectivity index (χ1) is 15.4. The Morgan fingerprint density at radius 2 is 1.56 bits per heavy atom. The predicted molar refractivity (Wildman–Crippen MR) is 118 cm³/mol. The van der Waals surface area contributed by atoms with Gasteiger partial charge in [-0.15, -0.1) is 0 Å². The summed E-state index contributed by atoms with van der Waals surface area (Å²) in [6, 6.07) is 11.7. The second-order valence-electron chi connectivity index (χ2n) is 8.11. The lowest BCUT2D eigenvalue weighted by Gasteiger charge is -2.13. The normalized spacial score (nSPS) is 12.8. The molecule has 0 aliphatic heterocycles. The van der Waals surface area contributed by atoms with Gasteiger partial charge in [-0.1, -0.05) is 68.4 Å². The Kier molecular flexibility index (Phi) is 8.45. The van der Waals surface area contributed by atoms with E-state index in [0.29, 0.717) is 23.7 Å². The van der Waals surface area contributed by atoms with Crippen LogP contribution >= 0.6 is 0 Å². The van der Waals surface area contributed by atoms with E-state index in [9.17, 15) is 13.2 Å². The van der Waals surface area contributed by atoms with Crippen molar-refractivity contribution in [1.82, 2.24) is 15.9 Å². The van der Waals surface area contributed by atoms with Gasteiger partial charge in [0, 0.05) is 12.0 Å². The Morgan fingerprint density at radius 1 is 0.906 bits per heavy atom. The minimum absolute atomic E-state index is 0.402. The minimum atomic E-state index is -4.37. The third kappa shape index (κ3) is 6.92. The number of nitrogens with one attached hydrogen (secondary N) is 1. The quantitative estimate of drug-likeness (QED) is 0.293. The van der Waals surface area contributed by atoms with Crippen LogP contribution in [0.15, 0.2) is 53.1 Å². The predicted octanol–water partition coefficient (Wildman–Crippen LogP) is 7.23. The van der Waals surface area contributed by atoms with Crippen molar-refractivity contribution >= 4 is 0 Å². The summed E-state index contributed by atoms with van der Waals surface area (Å²) in [7, 11) is 0. The van der Waals surface area contributed by atoms with E-state index in [1.807, 2.05) is 24.3 Å². The first-order valence-corrected chi connectivity index (χ1v) is 11.2. The van der Waals surface area contributed by atoms with Crippen LogP contribution in [0.25, 0.3) is 11.5 Å². The Hall–Kier alpha value is -2.67. The first-order valence-electron chi connectivity index (χ1n) is 11.2. The molecule has 0 aliphatic rings. The Balaban J connectivity index is 1.52. The molecule has 7 heteroatoms. The number of unbranched alkanes of at least 4 members (excludes halogenated alkanes) is 5. The highest BCUT2D eigenvalue weighted by molar-refractivity contribution is 5.53. The lowest BCUT2D eigenvalue weighted by Crippen LogP contribution is -2.07. The van der Waals surface area contributed by atoms with E-state index in [1.54, 1.807) is 0 Å².